The molecule has 0 amide bonds. The summed E-state index contributed by atoms with van der Waals surface area (Å²) in [6.07, 6.45) is 37.2. The lowest BCUT2D eigenvalue weighted by Crippen LogP contribution is -2.43. The van der Waals surface area contributed by atoms with Crippen LogP contribution in [0.3, 0.4) is 0 Å². The predicted molar refractivity (Wildman–Crippen MR) is 272 cm³/mol. The summed E-state index contributed by atoms with van der Waals surface area (Å²) in [5, 5.41) is 0. The average molecular weight is 925 g/mol. The Kier molecular flexibility index (Phi) is 31.0. The molecule has 2 aromatic rings. The summed E-state index contributed by atoms with van der Waals surface area (Å²) >= 11 is 0. The lowest BCUT2D eigenvalue weighted by Gasteiger charge is -2.32. The average Bonchev–Trinajstić information content (AvgIpc) is 3.30. The second-order valence-electron chi connectivity index (χ2n) is 19.7. The molecule has 8 nitrogen and oxygen atoms in total. The van der Waals surface area contributed by atoms with Gasteiger partial charge in [-0.2, -0.15) is 8.42 Å². The molecule has 2 aliphatic heterocycles. The molecule has 2 unspecified atom stereocenters. The van der Waals surface area contributed by atoms with E-state index in [-0.39, 0.29) is 13.2 Å². The molecule has 2 heterocycles. The Hall–Kier alpha value is -1.85. The molecular weight excluding hydrogens is 829 g/mol. The number of rotatable bonds is 42. The minimum atomic E-state index is -4.36. The van der Waals surface area contributed by atoms with Gasteiger partial charge in [0.2, 0.25) is 0 Å². The molecule has 0 saturated heterocycles. The maximum absolute atomic E-state index is 13.9. The normalized spacial score (nSPS) is 15.5. The van der Waals surface area contributed by atoms with Crippen molar-refractivity contribution in [3.63, 3.8) is 0 Å². The van der Waals surface area contributed by atoms with E-state index < -0.39 is 22.6 Å². The monoisotopic (exact) mass is 925 g/mol. The van der Waals surface area contributed by atoms with Crippen LogP contribution in [0, 0.1) is 0 Å². The van der Waals surface area contributed by atoms with Gasteiger partial charge in [0, 0.05) is 52.5 Å². The fraction of sp³-hybridized carbons (Fsp3) is 0.786. The van der Waals surface area contributed by atoms with Crippen LogP contribution in [0.15, 0.2) is 48.5 Å². The Morgan fingerprint density at radius 1 is 0.431 bits per heavy atom. The van der Waals surface area contributed by atoms with E-state index in [1.165, 1.54) is 176 Å². The predicted octanol–water partition coefficient (Wildman–Crippen LogP) is 14.1. The van der Waals surface area contributed by atoms with Gasteiger partial charge in [-0.1, -0.05) is 229 Å². The molecule has 0 aromatic heterocycles. The maximum Gasteiger partial charge on any atom is 0.400 e. The number of hydrogen-bond donors (Lipinski definition) is 0. The van der Waals surface area contributed by atoms with Crippen LogP contribution in [0.4, 0.5) is 0 Å². The third kappa shape index (κ3) is 26.5. The first-order chi connectivity index (χ1) is 32.0. The van der Waals surface area contributed by atoms with Crippen LogP contribution in [-0.2, 0) is 54.2 Å². The second-order valence-corrected chi connectivity index (χ2v) is 20.9. The summed E-state index contributed by atoms with van der Waals surface area (Å²) < 4.78 is 52.1. The van der Waals surface area contributed by atoms with Crippen LogP contribution >= 0.6 is 0 Å². The Morgan fingerprint density at radius 2 is 0.723 bits per heavy atom. The van der Waals surface area contributed by atoms with E-state index in [2.05, 4.69) is 72.2 Å². The minimum absolute atomic E-state index is 0.211. The lowest BCUT2D eigenvalue weighted by molar-refractivity contribution is -0.00303. The van der Waals surface area contributed by atoms with Gasteiger partial charge in [0.05, 0.1) is 13.2 Å². The molecule has 372 valence electrons. The largest absolute Gasteiger partial charge is 0.400 e. The Morgan fingerprint density at radius 3 is 1.05 bits per heavy atom. The molecule has 0 spiro atoms. The minimum Gasteiger partial charge on any atom is -0.379 e. The van der Waals surface area contributed by atoms with E-state index in [4.69, 9.17) is 17.8 Å². The molecule has 65 heavy (non-hydrogen) atoms. The van der Waals surface area contributed by atoms with E-state index in [0.29, 0.717) is 26.3 Å². The second kappa shape index (κ2) is 36.2. The van der Waals surface area contributed by atoms with Gasteiger partial charge >= 0.3 is 10.4 Å². The van der Waals surface area contributed by atoms with Crippen molar-refractivity contribution in [1.29, 1.82) is 0 Å². The summed E-state index contributed by atoms with van der Waals surface area (Å²) in [6, 6.07) is 17.1. The summed E-state index contributed by atoms with van der Waals surface area (Å²) in [6.45, 7) is 10.3. The Labute approximate surface area is 400 Å². The molecule has 0 radical (unpaired) electrons. The zero-order chi connectivity index (χ0) is 45.9. The highest BCUT2D eigenvalue weighted by Gasteiger charge is 2.30. The summed E-state index contributed by atoms with van der Waals surface area (Å²) in [5.74, 6) is 0. The molecule has 0 fully saturated rings. The smallest absolute Gasteiger partial charge is 0.379 e. The van der Waals surface area contributed by atoms with Gasteiger partial charge in [-0.25, -0.2) is 8.37 Å². The van der Waals surface area contributed by atoms with E-state index in [1.54, 1.807) is 0 Å². The first-order valence-corrected chi connectivity index (χ1v) is 28.6. The lowest BCUT2D eigenvalue weighted by atomic mass is 10.00. The van der Waals surface area contributed by atoms with E-state index in [9.17, 15) is 8.42 Å². The first kappa shape index (κ1) is 55.7. The van der Waals surface area contributed by atoms with Crippen molar-refractivity contribution >= 4 is 10.4 Å². The fourth-order valence-electron chi connectivity index (χ4n) is 9.80. The summed E-state index contributed by atoms with van der Waals surface area (Å²) in [7, 11) is -4.36. The van der Waals surface area contributed by atoms with Crippen LogP contribution in [0.5, 0.6) is 0 Å². The standard InChI is InChI=1S/C56H96N2O6S/c1-3-5-7-9-11-13-15-17-19-21-23-25-27-33-43-61-49-55(47-57-41-39-51-35-29-31-37-53(51)45-57)63-65(59,60)64-56(48-58-42-40-52-36-30-32-38-54(52)46-58)50-62-44-34-28-26-24-22-20-18-16-14-12-10-8-6-4-2/h29-32,35-38,55-56H,3-28,33-34,39-50H2,1-2H3. The fourth-order valence-corrected chi connectivity index (χ4v) is 10.7. The van der Waals surface area contributed by atoms with Crippen molar-refractivity contribution in [3.05, 3.63) is 70.8 Å². The number of nitrogens with zero attached hydrogens (tertiary/aromatic N) is 2. The number of hydrogen-bond acceptors (Lipinski definition) is 8. The van der Waals surface area contributed by atoms with Crippen molar-refractivity contribution in [3.8, 4) is 0 Å². The van der Waals surface area contributed by atoms with Gasteiger partial charge in [-0.05, 0) is 47.9 Å². The summed E-state index contributed by atoms with van der Waals surface area (Å²) in [5.41, 5.74) is 5.31. The zero-order valence-electron chi connectivity index (χ0n) is 41.8. The zero-order valence-corrected chi connectivity index (χ0v) is 42.6. The summed E-state index contributed by atoms with van der Waals surface area (Å²) in [4.78, 5) is 4.58. The molecule has 0 saturated carbocycles. The quantitative estimate of drug-likeness (QED) is 0.0610. The molecule has 0 bridgehead atoms. The van der Waals surface area contributed by atoms with Crippen LogP contribution in [0.1, 0.15) is 216 Å². The van der Waals surface area contributed by atoms with Gasteiger partial charge < -0.3 is 9.47 Å². The molecule has 0 N–H and O–H groups in total. The van der Waals surface area contributed by atoms with Crippen LogP contribution in [0.2, 0.25) is 0 Å². The molecule has 2 aromatic carbocycles. The van der Waals surface area contributed by atoms with E-state index in [1.807, 2.05) is 0 Å². The van der Waals surface area contributed by atoms with Gasteiger partial charge in [-0.3, -0.25) is 9.80 Å². The van der Waals surface area contributed by atoms with Gasteiger partial charge in [0.1, 0.15) is 12.2 Å². The Balaban J connectivity index is 1.20. The molecule has 9 heteroatoms. The molecular formula is C56H96N2O6S. The van der Waals surface area contributed by atoms with Crippen molar-refractivity contribution in [2.75, 3.05) is 52.6 Å². The highest BCUT2D eigenvalue weighted by Crippen LogP contribution is 2.23. The SMILES string of the molecule is CCCCCCCCCCCCCCCCOCC(CN1CCc2ccccc2C1)OS(=O)(=O)OC(COCCCCCCCCCCCCCCCC)CN1CCc2ccccc2C1. The third-order valence-electron chi connectivity index (χ3n) is 13.7. The van der Waals surface area contributed by atoms with Gasteiger partial charge in [0.25, 0.3) is 0 Å². The number of benzene rings is 2. The first-order valence-electron chi connectivity index (χ1n) is 27.3. The topological polar surface area (TPSA) is 77.5 Å². The highest BCUT2D eigenvalue weighted by atomic mass is 32.3. The number of fused-ring (bicyclic) bond motifs is 2. The van der Waals surface area contributed by atoms with E-state index in [0.717, 1.165) is 64.7 Å². The van der Waals surface area contributed by atoms with Crippen LogP contribution in [-0.4, -0.2) is 83.0 Å². The van der Waals surface area contributed by atoms with Crippen LogP contribution in [0.25, 0.3) is 0 Å². The molecule has 0 aliphatic carbocycles. The van der Waals surface area contributed by atoms with Gasteiger partial charge in [0.15, 0.2) is 0 Å². The van der Waals surface area contributed by atoms with Crippen LogP contribution < -0.4 is 0 Å². The molecule has 4 rings (SSSR count). The maximum atomic E-state index is 13.9. The number of unbranched alkanes of at least 4 members (excludes halogenated alkanes) is 26. The highest BCUT2D eigenvalue weighted by molar-refractivity contribution is 7.81. The molecule has 2 atom stereocenters. The van der Waals surface area contributed by atoms with Crippen molar-refractivity contribution in [2.45, 2.75) is 232 Å². The van der Waals surface area contributed by atoms with E-state index >= 15 is 0 Å². The molecule has 2 aliphatic rings. The van der Waals surface area contributed by atoms with Crippen molar-refractivity contribution < 1.29 is 26.3 Å². The third-order valence-corrected chi connectivity index (χ3v) is 14.8. The van der Waals surface area contributed by atoms with Crippen molar-refractivity contribution in [2.24, 2.45) is 0 Å². The van der Waals surface area contributed by atoms with Crippen molar-refractivity contribution in [1.82, 2.24) is 9.80 Å². The Bertz CT molecular complexity index is 1450. The van der Waals surface area contributed by atoms with Gasteiger partial charge in [-0.15, -0.1) is 0 Å². The number of ether oxygens (including phenoxy) is 2.